The van der Waals surface area contributed by atoms with Gasteiger partial charge in [0.2, 0.25) is 10.0 Å². The third-order valence-corrected chi connectivity index (χ3v) is 5.04. The molecule has 1 aliphatic heterocycles. The van der Waals surface area contributed by atoms with Crippen molar-refractivity contribution in [2.45, 2.75) is 38.8 Å². The lowest BCUT2D eigenvalue weighted by molar-refractivity contribution is 0.239. The van der Waals surface area contributed by atoms with Crippen molar-refractivity contribution in [2.75, 3.05) is 19.3 Å². The summed E-state index contributed by atoms with van der Waals surface area (Å²) < 4.78 is 26.5. The lowest BCUT2D eigenvalue weighted by Gasteiger charge is -2.30. The molecule has 2 unspecified atom stereocenters. The van der Waals surface area contributed by atoms with E-state index in [0.29, 0.717) is 19.6 Å². The molecule has 2 heterocycles. The Morgan fingerprint density at radius 3 is 2.95 bits per heavy atom. The first-order valence-corrected chi connectivity index (χ1v) is 8.85. The molecule has 2 atom stereocenters. The Hall–Kier alpha value is -0.990. The molecular weight excluding hydrogens is 278 g/mol. The number of aromatic nitrogens is 3. The van der Waals surface area contributed by atoms with Crippen molar-refractivity contribution < 1.29 is 8.42 Å². The van der Waals surface area contributed by atoms with Crippen LogP contribution in [-0.2, 0) is 16.6 Å². The standard InChI is InChI=1S/C12H23N5O2S/c1-3-11(13)12-9-16(15-14-12)7-10-5-4-6-17(8-10)20(2,18)19/h9-11H,3-8,13H2,1-2H3. The molecule has 0 saturated carbocycles. The van der Waals surface area contributed by atoms with Gasteiger partial charge in [-0.3, -0.25) is 4.68 Å². The first-order valence-electron chi connectivity index (χ1n) is 7.01. The molecule has 1 fully saturated rings. The third-order valence-electron chi connectivity index (χ3n) is 3.77. The summed E-state index contributed by atoms with van der Waals surface area (Å²) >= 11 is 0. The molecule has 1 aromatic heterocycles. The summed E-state index contributed by atoms with van der Waals surface area (Å²) in [6.45, 7) is 3.89. The Labute approximate surface area is 120 Å². The van der Waals surface area contributed by atoms with E-state index in [1.807, 2.05) is 13.1 Å². The van der Waals surface area contributed by atoms with Crippen molar-refractivity contribution in [3.63, 3.8) is 0 Å². The predicted octanol–water partition coefficient (Wildman–Crippen LogP) is 0.360. The largest absolute Gasteiger partial charge is 0.323 e. The lowest BCUT2D eigenvalue weighted by atomic mass is 10.00. The van der Waals surface area contributed by atoms with Gasteiger partial charge in [0, 0.05) is 19.6 Å². The Morgan fingerprint density at radius 2 is 2.30 bits per heavy atom. The average Bonchev–Trinajstić information content (AvgIpc) is 2.85. The van der Waals surface area contributed by atoms with Crippen molar-refractivity contribution in [3.8, 4) is 0 Å². The van der Waals surface area contributed by atoms with Crippen molar-refractivity contribution >= 4 is 10.0 Å². The second-order valence-electron chi connectivity index (χ2n) is 5.51. The molecular formula is C12H23N5O2S. The molecule has 2 N–H and O–H groups in total. The lowest BCUT2D eigenvalue weighted by Crippen LogP contribution is -2.40. The fraction of sp³-hybridized carbons (Fsp3) is 0.833. The zero-order valence-electron chi connectivity index (χ0n) is 12.1. The van der Waals surface area contributed by atoms with Gasteiger partial charge in [0.05, 0.1) is 24.2 Å². The van der Waals surface area contributed by atoms with Gasteiger partial charge in [0.1, 0.15) is 0 Å². The Kier molecular flexibility index (Phi) is 4.77. The van der Waals surface area contributed by atoms with E-state index in [1.165, 1.54) is 6.26 Å². The summed E-state index contributed by atoms with van der Waals surface area (Å²) in [4.78, 5) is 0. The van der Waals surface area contributed by atoms with Gasteiger partial charge in [-0.05, 0) is 25.2 Å². The van der Waals surface area contributed by atoms with E-state index in [1.54, 1.807) is 8.99 Å². The van der Waals surface area contributed by atoms with Crippen LogP contribution in [0.3, 0.4) is 0 Å². The molecule has 8 heteroatoms. The number of rotatable bonds is 5. The Morgan fingerprint density at radius 1 is 1.55 bits per heavy atom. The maximum Gasteiger partial charge on any atom is 0.211 e. The molecule has 7 nitrogen and oxygen atoms in total. The first-order chi connectivity index (χ1) is 9.40. The average molecular weight is 301 g/mol. The number of nitrogens with two attached hydrogens (primary N) is 1. The summed E-state index contributed by atoms with van der Waals surface area (Å²) in [5.74, 6) is 0.283. The second kappa shape index (κ2) is 6.19. The summed E-state index contributed by atoms with van der Waals surface area (Å²) in [7, 11) is -3.10. The third kappa shape index (κ3) is 3.77. The molecule has 0 bridgehead atoms. The van der Waals surface area contributed by atoms with Gasteiger partial charge in [0.25, 0.3) is 0 Å². The van der Waals surface area contributed by atoms with Crippen LogP contribution in [0.25, 0.3) is 0 Å². The monoisotopic (exact) mass is 301 g/mol. The molecule has 1 saturated heterocycles. The highest BCUT2D eigenvalue weighted by Crippen LogP contribution is 2.20. The van der Waals surface area contributed by atoms with Crippen LogP contribution < -0.4 is 5.73 Å². The van der Waals surface area contributed by atoms with Gasteiger partial charge in [-0.2, -0.15) is 0 Å². The summed E-state index contributed by atoms with van der Waals surface area (Å²) in [6, 6.07) is -0.0809. The van der Waals surface area contributed by atoms with Crippen LogP contribution in [0, 0.1) is 5.92 Å². The van der Waals surface area contributed by atoms with Crippen LogP contribution in [0.1, 0.15) is 37.9 Å². The summed E-state index contributed by atoms with van der Waals surface area (Å²) in [6.07, 6.45) is 5.87. The van der Waals surface area contributed by atoms with E-state index in [4.69, 9.17) is 5.73 Å². The van der Waals surface area contributed by atoms with E-state index in [0.717, 1.165) is 25.0 Å². The minimum absolute atomic E-state index is 0.0809. The van der Waals surface area contributed by atoms with Crippen molar-refractivity contribution in [2.24, 2.45) is 11.7 Å². The SMILES string of the molecule is CCC(N)c1cn(CC2CCCN(S(C)(=O)=O)C2)nn1. The minimum atomic E-state index is -3.10. The van der Waals surface area contributed by atoms with E-state index in [-0.39, 0.29) is 12.0 Å². The van der Waals surface area contributed by atoms with Gasteiger partial charge in [0.15, 0.2) is 0 Å². The van der Waals surface area contributed by atoms with E-state index in [2.05, 4.69) is 10.3 Å². The zero-order chi connectivity index (χ0) is 14.8. The quantitative estimate of drug-likeness (QED) is 0.847. The molecule has 1 aromatic rings. The summed E-state index contributed by atoms with van der Waals surface area (Å²) in [5.41, 5.74) is 6.71. The highest BCUT2D eigenvalue weighted by Gasteiger charge is 2.26. The van der Waals surface area contributed by atoms with Crippen LogP contribution in [0.4, 0.5) is 0 Å². The molecule has 2 rings (SSSR count). The van der Waals surface area contributed by atoms with E-state index in [9.17, 15) is 8.42 Å². The zero-order valence-corrected chi connectivity index (χ0v) is 12.9. The molecule has 1 aliphatic rings. The molecule has 0 aliphatic carbocycles. The molecule has 20 heavy (non-hydrogen) atoms. The van der Waals surface area contributed by atoms with Crippen LogP contribution in [0.15, 0.2) is 6.20 Å². The summed E-state index contributed by atoms with van der Waals surface area (Å²) in [5, 5.41) is 8.16. The number of piperidine rings is 1. The van der Waals surface area contributed by atoms with Crippen LogP contribution in [0.5, 0.6) is 0 Å². The number of sulfonamides is 1. The maximum absolute atomic E-state index is 11.6. The smallest absolute Gasteiger partial charge is 0.211 e. The van der Waals surface area contributed by atoms with Gasteiger partial charge < -0.3 is 5.73 Å². The molecule has 0 radical (unpaired) electrons. The molecule has 0 aromatic carbocycles. The Bertz CT molecular complexity index is 542. The topological polar surface area (TPSA) is 94.1 Å². The number of hydrogen-bond donors (Lipinski definition) is 1. The van der Waals surface area contributed by atoms with Gasteiger partial charge in [-0.1, -0.05) is 12.1 Å². The predicted molar refractivity (Wildman–Crippen MR) is 76.4 cm³/mol. The van der Waals surface area contributed by atoms with Crippen LogP contribution >= 0.6 is 0 Å². The highest BCUT2D eigenvalue weighted by atomic mass is 32.2. The first kappa shape index (κ1) is 15.4. The van der Waals surface area contributed by atoms with E-state index >= 15 is 0 Å². The fourth-order valence-electron chi connectivity index (χ4n) is 2.52. The fourth-order valence-corrected chi connectivity index (χ4v) is 3.47. The minimum Gasteiger partial charge on any atom is -0.323 e. The van der Waals surface area contributed by atoms with Crippen molar-refractivity contribution in [3.05, 3.63) is 11.9 Å². The second-order valence-corrected chi connectivity index (χ2v) is 7.49. The van der Waals surface area contributed by atoms with Crippen LogP contribution in [0.2, 0.25) is 0 Å². The van der Waals surface area contributed by atoms with Gasteiger partial charge >= 0.3 is 0 Å². The van der Waals surface area contributed by atoms with Crippen molar-refractivity contribution in [1.82, 2.24) is 19.3 Å². The molecule has 0 amide bonds. The number of hydrogen-bond acceptors (Lipinski definition) is 5. The Balaban J connectivity index is 1.98. The maximum atomic E-state index is 11.6. The normalized spacial score (nSPS) is 22.9. The number of nitrogens with zero attached hydrogens (tertiary/aromatic N) is 4. The van der Waals surface area contributed by atoms with Gasteiger partial charge in [-0.15, -0.1) is 5.10 Å². The van der Waals surface area contributed by atoms with Crippen molar-refractivity contribution in [1.29, 1.82) is 0 Å². The van der Waals surface area contributed by atoms with Gasteiger partial charge in [-0.25, -0.2) is 12.7 Å². The molecule has 114 valence electrons. The highest BCUT2D eigenvalue weighted by molar-refractivity contribution is 7.88. The van der Waals surface area contributed by atoms with E-state index < -0.39 is 10.0 Å². The van der Waals surface area contributed by atoms with Crippen LogP contribution in [-0.4, -0.2) is 47.1 Å². The molecule has 0 spiro atoms.